The Morgan fingerprint density at radius 1 is 1.33 bits per heavy atom. The molecule has 0 bridgehead atoms. The molecule has 1 N–H and O–H groups in total. The lowest BCUT2D eigenvalue weighted by Crippen LogP contribution is -2.19. The Morgan fingerprint density at radius 3 is 2.56 bits per heavy atom. The highest BCUT2D eigenvalue weighted by molar-refractivity contribution is 7.89. The average Bonchev–Trinajstić information content (AvgIpc) is 2.36. The molecular weight excluding hydrogens is 258 g/mol. The number of carbonyl (C=O) groups is 2. The Morgan fingerprint density at radius 2 is 2.00 bits per heavy atom. The van der Waals surface area contributed by atoms with Gasteiger partial charge in [-0.15, -0.1) is 0 Å². The van der Waals surface area contributed by atoms with Gasteiger partial charge in [0.1, 0.15) is 6.61 Å². The first-order valence-electron chi connectivity index (χ1n) is 5.07. The number of carbonyl (C=O) groups excluding carboxylic acids is 2. The SMILES string of the molecule is CNS(=O)(=O)c1cccc(C(=O)OCC(C)=O)c1. The Balaban J connectivity index is 2.96. The smallest absolute Gasteiger partial charge is 0.338 e. The van der Waals surface area contributed by atoms with E-state index in [9.17, 15) is 18.0 Å². The van der Waals surface area contributed by atoms with Gasteiger partial charge in [0.2, 0.25) is 10.0 Å². The van der Waals surface area contributed by atoms with Crippen LogP contribution in [0.5, 0.6) is 0 Å². The molecule has 0 amide bonds. The van der Waals surface area contributed by atoms with Crippen LogP contribution in [0.2, 0.25) is 0 Å². The summed E-state index contributed by atoms with van der Waals surface area (Å²) in [5.41, 5.74) is 0.0765. The van der Waals surface area contributed by atoms with E-state index in [0.717, 1.165) is 0 Å². The van der Waals surface area contributed by atoms with Crippen molar-refractivity contribution in [1.82, 2.24) is 4.72 Å². The van der Waals surface area contributed by atoms with Crippen LogP contribution in [0.4, 0.5) is 0 Å². The van der Waals surface area contributed by atoms with Gasteiger partial charge in [-0.3, -0.25) is 4.79 Å². The van der Waals surface area contributed by atoms with Crippen molar-refractivity contribution in [3.8, 4) is 0 Å². The first-order chi connectivity index (χ1) is 8.36. The van der Waals surface area contributed by atoms with Crippen LogP contribution in [0.15, 0.2) is 29.2 Å². The maximum atomic E-state index is 11.5. The molecule has 0 fully saturated rings. The van der Waals surface area contributed by atoms with Crippen molar-refractivity contribution in [2.45, 2.75) is 11.8 Å². The standard InChI is InChI=1S/C11H13NO5S/c1-8(13)7-17-11(14)9-4-3-5-10(6-9)18(15,16)12-2/h3-6,12H,7H2,1-2H3. The predicted octanol–water partition coefficient (Wildman–Crippen LogP) is 0.340. The molecule has 18 heavy (non-hydrogen) atoms. The largest absolute Gasteiger partial charge is 0.454 e. The van der Waals surface area contributed by atoms with Crippen LogP contribution in [-0.2, 0) is 19.6 Å². The molecule has 0 aliphatic rings. The number of hydrogen-bond donors (Lipinski definition) is 1. The zero-order chi connectivity index (χ0) is 13.8. The van der Waals surface area contributed by atoms with Crippen LogP contribution < -0.4 is 4.72 Å². The molecule has 0 saturated carbocycles. The lowest BCUT2D eigenvalue weighted by atomic mass is 10.2. The van der Waals surface area contributed by atoms with E-state index in [-0.39, 0.29) is 22.8 Å². The second kappa shape index (κ2) is 5.74. The molecular formula is C11H13NO5S. The molecule has 0 aliphatic carbocycles. The fourth-order valence-corrected chi connectivity index (χ4v) is 1.93. The molecule has 1 aromatic rings. The molecule has 1 aromatic carbocycles. The van der Waals surface area contributed by atoms with Gasteiger partial charge in [0.05, 0.1) is 10.5 Å². The monoisotopic (exact) mass is 271 g/mol. The van der Waals surface area contributed by atoms with Gasteiger partial charge in [-0.25, -0.2) is 17.9 Å². The highest BCUT2D eigenvalue weighted by Crippen LogP contribution is 2.12. The Labute approximate surface area is 105 Å². The van der Waals surface area contributed by atoms with Gasteiger partial charge in [-0.05, 0) is 32.2 Å². The molecule has 7 heteroatoms. The number of ether oxygens (including phenoxy) is 1. The van der Waals surface area contributed by atoms with Gasteiger partial charge < -0.3 is 4.74 Å². The minimum Gasteiger partial charge on any atom is -0.454 e. The lowest BCUT2D eigenvalue weighted by molar-refractivity contribution is -0.120. The number of benzene rings is 1. The molecule has 0 aromatic heterocycles. The molecule has 0 heterocycles. The van der Waals surface area contributed by atoms with E-state index in [2.05, 4.69) is 9.46 Å². The van der Waals surface area contributed by atoms with Gasteiger partial charge in [0.15, 0.2) is 5.78 Å². The van der Waals surface area contributed by atoms with Crippen LogP contribution in [0, 0.1) is 0 Å². The van der Waals surface area contributed by atoms with Crippen molar-refractivity contribution < 1.29 is 22.7 Å². The molecule has 0 atom stereocenters. The van der Waals surface area contributed by atoms with Crippen LogP contribution in [0.1, 0.15) is 17.3 Å². The number of sulfonamides is 1. The molecule has 0 unspecified atom stereocenters. The highest BCUT2D eigenvalue weighted by atomic mass is 32.2. The summed E-state index contributed by atoms with van der Waals surface area (Å²) >= 11 is 0. The molecule has 0 radical (unpaired) electrons. The fourth-order valence-electron chi connectivity index (χ4n) is 1.16. The number of nitrogens with one attached hydrogen (secondary N) is 1. The first-order valence-corrected chi connectivity index (χ1v) is 6.55. The topological polar surface area (TPSA) is 89.5 Å². The Bertz CT molecular complexity index is 565. The second-order valence-corrected chi connectivity index (χ2v) is 5.40. The summed E-state index contributed by atoms with van der Waals surface area (Å²) in [6.07, 6.45) is 0. The minimum atomic E-state index is -3.61. The molecule has 98 valence electrons. The summed E-state index contributed by atoms with van der Waals surface area (Å²) in [4.78, 5) is 22.2. The van der Waals surface area contributed by atoms with E-state index in [4.69, 9.17) is 0 Å². The van der Waals surface area contributed by atoms with Crippen LogP contribution in [0.3, 0.4) is 0 Å². The highest BCUT2D eigenvalue weighted by Gasteiger charge is 2.15. The van der Waals surface area contributed by atoms with Crippen molar-refractivity contribution in [3.05, 3.63) is 29.8 Å². The van der Waals surface area contributed by atoms with Crippen LogP contribution >= 0.6 is 0 Å². The predicted molar refractivity (Wildman–Crippen MR) is 63.7 cm³/mol. The van der Waals surface area contributed by atoms with Gasteiger partial charge >= 0.3 is 5.97 Å². The zero-order valence-corrected chi connectivity index (χ0v) is 10.8. The summed E-state index contributed by atoms with van der Waals surface area (Å²) in [7, 11) is -2.34. The molecule has 0 spiro atoms. The summed E-state index contributed by atoms with van der Waals surface area (Å²) in [5.74, 6) is -1.03. The Hall–Kier alpha value is -1.73. The van der Waals surface area contributed by atoms with Gasteiger partial charge in [-0.2, -0.15) is 0 Å². The first kappa shape index (κ1) is 14.3. The summed E-state index contributed by atoms with van der Waals surface area (Å²) in [6, 6.07) is 5.38. The molecule has 0 aliphatic heterocycles. The van der Waals surface area contributed by atoms with Crippen LogP contribution in [-0.4, -0.2) is 33.8 Å². The van der Waals surface area contributed by atoms with Gasteiger partial charge in [-0.1, -0.05) is 6.07 Å². The van der Waals surface area contributed by atoms with Crippen molar-refractivity contribution in [3.63, 3.8) is 0 Å². The summed E-state index contributed by atoms with van der Waals surface area (Å²) in [5, 5.41) is 0. The van der Waals surface area contributed by atoms with Gasteiger partial charge in [0, 0.05) is 0 Å². The lowest BCUT2D eigenvalue weighted by Gasteiger charge is -2.05. The molecule has 0 saturated heterocycles. The van der Waals surface area contributed by atoms with E-state index < -0.39 is 16.0 Å². The third kappa shape index (κ3) is 3.64. The van der Waals surface area contributed by atoms with E-state index in [1.54, 1.807) is 0 Å². The minimum absolute atomic E-state index is 0.0396. The number of ketones is 1. The number of hydrogen-bond acceptors (Lipinski definition) is 5. The second-order valence-electron chi connectivity index (χ2n) is 3.51. The maximum absolute atomic E-state index is 11.5. The quantitative estimate of drug-likeness (QED) is 0.780. The maximum Gasteiger partial charge on any atom is 0.338 e. The van der Waals surface area contributed by atoms with E-state index in [0.29, 0.717) is 0 Å². The normalized spacial score (nSPS) is 11.0. The number of Topliss-reactive ketones (excluding diaryl/α,β-unsaturated/α-hetero) is 1. The van der Waals surface area contributed by atoms with E-state index in [1.807, 2.05) is 0 Å². The van der Waals surface area contributed by atoms with Crippen molar-refractivity contribution >= 4 is 21.8 Å². The van der Waals surface area contributed by atoms with E-state index in [1.165, 1.54) is 38.2 Å². The summed E-state index contributed by atoms with van der Waals surface area (Å²) in [6.45, 7) is 0.955. The van der Waals surface area contributed by atoms with Crippen molar-refractivity contribution in [2.75, 3.05) is 13.7 Å². The number of rotatable bonds is 5. The number of esters is 1. The average molecular weight is 271 g/mol. The van der Waals surface area contributed by atoms with Crippen molar-refractivity contribution in [2.24, 2.45) is 0 Å². The third-order valence-corrected chi connectivity index (χ3v) is 3.47. The van der Waals surface area contributed by atoms with Crippen LogP contribution in [0.25, 0.3) is 0 Å². The van der Waals surface area contributed by atoms with Gasteiger partial charge in [0.25, 0.3) is 0 Å². The third-order valence-electron chi connectivity index (χ3n) is 2.06. The Kier molecular flexibility index (Phi) is 4.57. The fraction of sp³-hybridized carbons (Fsp3) is 0.273. The van der Waals surface area contributed by atoms with Crippen molar-refractivity contribution in [1.29, 1.82) is 0 Å². The van der Waals surface area contributed by atoms with E-state index >= 15 is 0 Å². The zero-order valence-electron chi connectivity index (χ0n) is 9.97. The summed E-state index contributed by atoms with van der Waals surface area (Å²) < 4.78 is 29.9. The molecule has 1 rings (SSSR count). The molecule has 6 nitrogen and oxygen atoms in total.